The number of piperazine rings is 1. The molecule has 0 aliphatic carbocycles. The molecule has 3 amide bonds. The van der Waals surface area contributed by atoms with Crippen molar-refractivity contribution in [3.05, 3.63) is 0 Å². The maximum atomic E-state index is 11.8. The second-order valence-corrected chi connectivity index (χ2v) is 3.23. The molecule has 0 aromatic rings. The first-order chi connectivity index (χ1) is 6.69. The number of carbonyl (C=O) groups is 2. The number of nitrogens with one attached hydrogen (secondary N) is 1. The predicted molar refractivity (Wildman–Crippen MR) is 52.9 cm³/mol. The molecule has 0 bridgehead atoms. The molecule has 5 heteroatoms. The first-order valence-corrected chi connectivity index (χ1v) is 4.99. The summed E-state index contributed by atoms with van der Waals surface area (Å²) >= 11 is 0. The molecule has 1 aliphatic heterocycles. The molecule has 14 heavy (non-hydrogen) atoms. The van der Waals surface area contributed by atoms with Gasteiger partial charge in [0.15, 0.2) is 0 Å². The normalized spacial score (nSPS) is 16.4. The van der Waals surface area contributed by atoms with Crippen LogP contribution in [0.1, 0.15) is 13.8 Å². The Bertz CT molecular complexity index is 226. The van der Waals surface area contributed by atoms with Crippen LogP contribution in [0.5, 0.6) is 0 Å². The summed E-state index contributed by atoms with van der Waals surface area (Å²) in [5, 5.41) is 2.69. The molecule has 0 radical (unpaired) electrons. The van der Waals surface area contributed by atoms with Gasteiger partial charge in [-0.3, -0.25) is 4.79 Å². The maximum Gasteiger partial charge on any atom is 0.320 e. The van der Waals surface area contributed by atoms with E-state index >= 15 is 0 Å². The van der Waals surface area contributed by atoms with Crippen molar-refractivity contribution >= 4 is 11.9 Å². The summed E-state index contributed by atoms with van der Waals surface area (Å²) in [5.74, 6) is -0.0724. The van der Waals surface area contributed by atoms with Gasteiger partial charge in [0, 0.05) is 26.2 Å². The van der Waals surface area contributed by atoms with Crippen LogP contribution in [-0.4, -0.2) is 54.5 Å². The lowest BCUT2D eigenvalue weighted by Crippen LogP contribution is -2.53. The summed E-state index contributed by atoms with van der Waals surface area (Å²) in [6, 6.07) is -0.0372. The minimum atomic E-state index is -0.0724. The third-order valence-electron chi connectivity index (χ3n) is 2.34. The zero-order chi connectivity index (χ0) is 10.6. The van der Waals surface area contributed by atoms with Gasteiger partial charge < -0.3 is 15.1 Å². The van der Waals surface area contributed by atoms with Gasteiger partial charge in [0.05, 0.1) is 0 Å². The smallest absolute Gasteiger partial charge is 0.320 e. The fraction of sp³-hybridized carbons (Fsp3) is 0.778. The molecule has 1 fully saturated rings. The Morgan fingerprint density at radius 3 is 2.64 bits per heavy atom. The molecular formula is C9H17N3O2. The van der Waals surface area contributed by atoms with E-state index in [1.165, 1.54) is 0 Å². The van der Waals surface area contributed by atoms with Gasteiger partial charge in [-0.25, -0.2) is 4.79 Å². The van der Waals surface area contributed by atoms with E-state index in [9.17, 15) is 9.59 Å². The van der Waals surface area contributed by atoms with E-state index in [1.807, 2.05) is 13.8 Å². The van der Waals surface area contributed by atoms with Crippen molar-refractivity contribution in [1.29, 1.82) is 0 Å². The number of hydrogen-bond donors (Lipinski definition) is 1. The Kier molecular flexibility index (Phi) is 3.73. The van der Waals surface area contributed by atoms with Crippen molar-refractivity contribution in [2.75, 3.05) is 32.7 Å². The highest BCUT2D eigenvalue weighted by Gasteiger charge is 2.23. The number of carbonyl (C=O) groups excluding carboxylic acids is 2. The van der Waals surface area contributed by atoms with Crippen LogP contribution in [0.25, 0.3) is 0 Å². The molecular weight excluding hydrogens is 182 g/mol. The van der Waals surface area contributed by atoms with Crippen LogP contribution in [0.15, 0.2) is 0 Å². The van der Waals surface area contributed by atoms with E-state index in [-0.39, 0.29) is 18.5 Å². The van der Waals surface area contributed by atoms with E-state index in [1.54, 1.807) is 9.80 Å². The van der Waals surface area contributed by atoms with Crippen LogP contribution < -0.4 is 5.32 Å². The van der Waals surface area contributed by atoms with Crippen LogP contribution in [0.4, 0.5) is 4.79 Å². The first kappa shape index (κ1) is 10.8. The predicted octanol–water partition coefficient (Wildman–Crippen LogP) is -0.120. The highest BCUT2D eigenvalue weighted by molar-refractivity contribution is 5.85. The Morgan fingerprint density at radius 2 is 2.14 bits per heavy atom. The number of hydrogen-bond acceptors (Lipinski definition) is 2. The van der Waals surface area contributed by atoms with Gasteiger partial charge in [0.1, 0.15) is 6.54 Å². The summed E-state index contributed by atoms with van der Waals surface area (Å²) in [4.78, 5) is 26.1. The number of nitrogens with zero attached hydrogens (tertiary/aromatic N) is 2. The van der Waals surface area contributed by atoms with Crippen LogP contribution in [0.2, 0.25) is 0 Å². The topological polar surface area (TPSA) is 52.7 Å². The molecule has 0 unspecified atom stereocenters. The molecule has 0 spiro atoms. The number of urea groups is 1. The molecule has 0 aromatic carbocycles. The standard InChI is InChI=1S/C9H17N3O2/c1-3-11(4-2)9(14)12-6-5-10-8(13)7-12/h3-7H2,1-2H3,(H,10,13). The summed E-state index contributed by atoms with van der Waals surface area (Å²) in [6.07, 6.45) is 0. The lowest BCUT2D eigenvalue weighted by molar-refractivity contribution is -0.123. The molecule has 1 rings (SSSR count). The van der Waals surface area contributed by atoms with Gasteiger partial charge in [-0.05, 0) is 13.8 Å². The largest absolute Gasteiger partial charge is 0.353 e. The lowest BCUT2D eigenvalue weighted by atomic mass is 10.3. The molecule has 80 valence electrons. The van der Waals surface area contributed by atoms with Gasteiger partial charge in [0.25, 0.3) is 0 Å². The zero-order valence-corrected chi connectivity index (χ0v) is 8.75. The zero-order valence-electron chi connectivity index (χ0n) is 8.75. The van der Waals surface area contributed by atoms with Crippen LogP contribution in [0, 0.1) is 0 Å². The summed E-state index contributed by atoms with van der Waals surface area (Å²) in [6.45, 7) is 6.61. The number of amides is 3. The lowest BCUT2D eigenvalue weighted by Gasteiger charge is -2.31. The second-order valence-electron chi connectivity index (χ2n) is 3.23. The highest BCUT2D eigenvalue weighted by Crippen LogP contribution is 2.00. The fourth-order valence-electron chi connectivity index (χ4n) is 1.50. The minimum Gasteiger partial charge on any atom is -0.353 e. The monoisotopic (exact) mass is 199 g/mol. The molecule has 0 saturated carbocycles. The Morgan fingerprint density at radius 1 is 1.50 bits per heavy atom. The van der Waals surface area contributed by atoms with Crippen molar-refractivity contribution in [2.24, 2.45) is 0 Å². The average Bonchev–Trinajstić information content (AvgIpc) is 2.19. The fourth-order valence-corrected chi connectivity index (χ4v) is 1.50. The maximum absolute atomic E-state index is 11.8. The third-order valence-corrected chi connectivity index (χ3v) is 2.34. The second kappa shape index (κ2) is 4.83. The average molecular weight is 199 g/mol. The Balaban J connectivity index is 2.54. The summed E-state index contributed by atoms with van der Waals surface area (Å²) in [5.41, 5.74) is 0. The van der Waals surface area contributed by atoms with E-state index in [4.69, 9.17) is 0 Å². The van der Waals surface area contributed by atoms with Crippen LogP contribution in [-0.2, 0) is 4.79 Å². The molecule has 0 atom stereocenters. The van der Waals surface area contributed by atoms with E-state index < -0.39 is 0 Å². The van der Waals surface area contributed by atoms with Crippen molar-refractivity contribution in [1.82, 2.24) is 15.1 Å². The quantitative estimate of drug-likeness (QED) is 0.674. The third kappa shape index (κ3) is 2.37. The van der Waals surface area contributed by atoms with Crippen LogP contribution in [0.3, 0.4) is 0 Å². The number of rotatable bonds is 2. The van der Waals surface area contributed by atoms with E-state index in [0.29, 0.717) is 26.2 Å². The van der Waals surface area contributed by atoms with Crippen molar-refractivity contribution in [3.63, 3.8) is 0 Å². The van der Waals surface area contributed by atoms with Gasteiger partial charge >= 0.3 is 6.03 Å². The minimum absolute atomic E-state index is 0.0372. The van der Waals surface area contributed by atoms with Gasteiger partial charge in [0.2, 0.25) is 5.91 Å². The SMILES string of the molecule is CCN(CC)C(=O)N1CCNC(=O)C1. The molecule has 1 N–H and O–H groups in total. The molecule has 1 heterocycles. The molecule has 1 aliphatic rings. The highest BCUT2D eigenvalue weighted by atomic mass is 16.2. The van der Waals surface area contributed by atoms with Crippen molar-refractivity contribution in [3.8, 4) is 0 Å². The summed E-state index contributed by atoms with van der Waals surface area (Å²) < 4.78 is 0. The van der Waals surface area contributed by atoms with Gasteiger partial charge in [-0.15, -0.1) is 0 Å². The molecule has 0 aromatic heterocycles. The Hall–Kier alpha value is -1.26. The van der Waals surface area contributed by atoms with Gasteiger partial charge in [-0.2, -0.15) is 0 Å². The molecule has 5 nitrogen and oxygen atoms in total. The van der Waals surface area contributed by atoms with Crippen LogP contribution >= 0.6 is 0 Å². The molecule has 1 saturated heterocycles. The summed E-state index contributed by atoms with van der Waals surface area (Å²) in [7, 11) is 0. The van der Waals surface area contributed by atoms with E-state index in [2.05, 4.69) is 5.32 Å². The Labute approximate surface area is 84.0 Å². The first-order valence-electron chi connectivity index (χ1n) is 4.99. The van der Waals surface area contributed by atoms with E-state index in [0.717, 1.165) is 0 Å². The van der Waals surface area contributed by atoms with Crippen molar-refractivity contribution < 1.29 is 9.59 Å². The van der Waals surface area contributed by atoms with Crippen molar-refractivity contribution in [2.45, 2.75) is 13.8 Å². The van der Waals surface area contributed by atoms with Gasteiger partial charge in [-0.1, -0.05) is 0 Å².